The number of benzene rings is 1. The largest absolute Gasteiger partial charge is 0.427 e. The SMILES string of the molecule is [CH2]C(CO)c1cccc(OC(C)=O)c1. The van der Waals surface area contributed by atoms with Crippen LogP contribution < -0.4 is 4.74 Å². The van der Waals surface area contributed by atoms with Crippen LogP contribution in [0.2, 0.25) is 0 Å². The number of carbonyl (C=O) groups excluding carboxylic acids is 1. The molecule has 3 nitrogen and oxygen atoms in total. The van der Waals surface area contributed by atoms with Crippen molar-refractivity contribution in [2.24, 2.45) is 0 Å². The molecule has 75 valence electrons. The van der Waals surface area contributed by atoms with Gasteiger partial charge in [-0.2, -0.15) is 0 Å². The van der Waals surface area contributed by atoms with Gasteiger partial charge in [0.1, 0.15) is 5.75 Å². The quantitative estimate of drug-likeness (QED) is 0.584. The summed E-state index contributed by atoms with van der Waals surface area (Å²) in [5, 5.41) is 8.89. The van der Waals surface area contributed by atoms with Crippen LogP contribution in [0.4, 0.5) is 0 Å². The lowest BCUT2D eigenvalue weighted by atomic mass is 10.0. The summed E-state index contributed by atoms with van der Waals surface area (Å²) in [5.74, 6) is -0.0608. The number of ether oxygens (including phenoxy) is 1. The highest BCUT2D eigenvalue weighted by atomic mass is 16.5. The highest BCUT2D eigenvalue weighted by Gasteiger charge is 2.05. The van der Waals surface area contributed by atoms with E-state index in [2.05, 4.69) is 6.92 Å². The van der Waals surface area contributed by atoms with E-state index in [4.69, 9.17) is 9.84 Å². The van der Waals surface area contributed by atoms with E-state index in [1.807, 2.05) is 6.07 Å². The third kappa shape index (κ3) is 2.85. The van der Waals surface area contributed by atoms with Crippen LogP contribution in [0.15, 0.2) is 24.3 Å². The van der Waals surface area contributed by atoms with E-state index in [0.717, 1.165) is 5.56 Å². The van der Waals surface area contributed by atoms with E-state index in [0.29, 0.717) is 5.75 Å². The van der Waals surface area contributed by atoms with Gasteiger partial charge in [0.15, 0.2) is 0 Å². The molecule has 1 unspecified atom stereocenters. The van der Waals surface area contributed by atoms with Crippen LogP contribution in [0.5, 0.6) is 5.75 Å². The molecule has 1 aromatic rings. The maximum atomic E-state index is 10.7. The van der Waals surface area contributed by atoms with Crippen molar-refractivity contribution in [1.82, 2.24) is 0 Å². The second kappa shape index (κ2) is 4.77. The first-order valence-electron chi connectivity index (χ1n) is 4.36. The second-order valence-electron chi connectivity index (χ2n) is 3.05. The van der Waals surface area contributed by atoms with E-state index in [1.54, 1.807) is 18.2 Å². The first-order chi connectivity index (χ1) is 6.63. The molecular formula is C11H13O3. The molecule has 0 aliphatic carbocycles. The van der Waals surface area contributed by atoms with Gasteiger partial charge in [-0.25, -0.2) is 0 Å². The van der Waals surface area contributed by atoms with Gasteiger partial charge in [-0.15, -0.1) is 0 Å². The minimum Gasteiger partial charge on any atom is -0.427 e. The number of hydrogen-bond acceptors (Lipinski definition) is 3. The van der Waals surface area contributed by atoms with Crippen molar-refractivity contribution in [3.8, 4) is 5.75 Å². The van der Waals surface area contributed by atoms with E-state index < -0.39 is 0 Å². The average Bonchev–Trinajstić information content (AvgIpc) is 2.16. The van der Waals surface area contributed by atoms with Gasteiger partial charge in [-0.1, -0.05) is 12.1 Å². The van der Waals surface area contributed by atoms with Crippen LogP contribution in [0.1, 0.15) is 18.4 Å². The maximum absolute atomic E-state index is 10.7. The molecule has 1 N–H and O–H groups in total. The van der Waals surface area contributed by atoms with Crippen LogP contribution in [0, 0.1) is 6.92 Å². The minimum atomic E-state index is -0.355. The molecule has 0 bridgehead atoms. The van der Waals surface area contributed by atoms with Gasteiger partial charge in [0.05, 0.1) is 0 Å². The fourth-order valence-corrected chi connectivity index (χ4v) is 1.10. The Morgan fingerprint density at radius 2 is 2.36 bits per heavy atom. The topological polar surface area (TPSA) is 46.5 Å². The molecule has 0 aliphatic rings. The van der Waals surface area contributed by atoms with Gasteiger partial charge in [-0.3, -0.25) is 4.79 Å². The fourth-order valence-electron chi connectivity index (χ4n) is 1.10. The zero-order chi connectivity index (χ0) is 10.6. The molecule has 1 rings (SSSR count). The molecule has 0 heterocycles. The molecule has 0 saturated carbocycles. The number of aliphatic hydroxyl groups excluding tert-OH is 1. The van der Waals surface area contributed by atoms with E-state index >= 15 is 0 Å². The zero-order valence-electron chi connectivity index (χ0n) is 8.06. The Morgan fingerprint density at radius 3 is 2.93 bits per heavy atom. The summed E-state index contributed by atoms with van der Waals surface area (Å²) in [5.41, 5.74) is 0.853. The highest BCUT2D eigenvalue weighted by molar-refractivity contribution is 5.69. The molecule has 14 heavy (non-hydrogen) atoms. The van der Waals surface area contributed by atoms with Crippen molar-refractivity contribution in [2.75, 3.05) is 6.61 Å². The van der Waals surface area contributed by atoms with Crippen molar-refractivity contribution < 1.29 is 14.6 Å². The van der Waals surface area contributed by atoms with Crippen molar-refractivity contribution in [1.29, 1.82) is 0 Å². The predicted octanol–water partition coefficient (Wildman–Crippen LogP) is 1.52. The van der Waals surface area contributed by atoms with Crippen molar-refractivity contribution in [2.45, 2.75) is 12.8 Å². The van der Waals surface area contributed by atoms with E-state index in [-0.39, 0.29) is 18.5 Å². The Labute approximate surface area is 83.3 Å². The standard InChI is InChI=1S/C11H13O3/c1-8(7-12)10-4-3-5-11(6-10)14-9(2)13/h3-6,8,12H,1,7H2,2H3. The summed E-state index contributed by atoms with van der Waals surface area (Å²) in [6, 6.07) is 6.99. The third-order valence-electron chi connectivity index (χ3n) is 1.81. The van der Waals surface area contributed by atoms with Crippen molar-refractivity contribution in [3.05, 3.63) is 36.8 Å². The van der Waals surface area contributed by atoms with Crippen LogP contribution in [-0.2, 0) is 4.79 Å². The van der Waals surface area contributed by atoms with Gasteiger partial charge >= 0.3 is 5.97 Å². The number of rotatable bonds is 3. The van der Waals surface area contributed by atoms with E-state index in [9.17, 15) is 4.79 Å². The molecule has 0 fully saturated rings. The van der Waals surface area contributed by atoms with Gasteiger partial charge in [0.2, 0.25) is 0 Å². The Bertz CT molecular complexity index is 320. The third-order valence-corrected chi connectivity index (χ3v) is 1.81. The normalized spacial score (nSPS) is 12.2. The lowest BCUT2D eigenvalue weighted by Gasteiger charge is -2.09. The van der Waals surface area contributed by atoms with Crippen LogP contribution in [0.25, 0.3) is 0 Å². The summed E-state index contributed by atoms with van der Waals surface area (Å²) in [4.78, 5) is 10.7. The molecule has 0 spiro atoms. The van der Waals surface area contributed by atoms with Gasteiger partial charge in [-0.05, 0) is 24.6 Å². The zero-order valence-corrected chi connectivity index (χ0v) is 8.06. The summed E-state index contributed by atoms with van der Waals surface area (Å²) < 4.78 is 4.90. The second-order valence-corrected chi connectivity index (χ2v) is 3.05. The molecular weight excluding hydrogens is 180 g/mol. The number of hydrogen-bond donors (Lipinski definition) is 1. The predicted molar refractivity (Wildman–Crippen MR) is 52.9 cm³/mol. The molecule has 0 aromatic heterocycles. The Hall–Kier alpha value is -1.35. The monoisotopic (exact) mass is 193 g/mol. The first kappa shape index (κ1) is 10.7. The Kier molecular flexibility index (Phi) is 3.65. The molecule has 0 saturated heterocycles. The molecule has 1 aromatic carbocycles. The Balaban J connectivity index is 2.83. The molecule has 1 radical (unpaired) electrons. The number of carbonyl (C=O) groups is 1. The molecule has 0 aliphatic heterocycles. The van der Waals surface area contributed by atoms with Gasteiger partial charge in [0.25, 0.3) is 0 Å². The average molecular weight is 193 g/mol. The first-order valence-corrected chi connectivity index (χ1v) is 4.36. The number of aliphatic hydroxyl groups is 1. The lowest BCUT2D eigenvalue weighted by molar-refractivity contribution is -0.131. The Morgan fingerprint density at radius 1 is 1.64 bits per heavy atom. The van der Waals surface area contributed by atoms with Crippen LogP contribution >= 0.6 is 0 Å². The van der Waals surface area contributed by atoms with Crippen LogP contribution in [0.3, 0.4) is 0 Å². The van der Waals surface area contributed by atoms with Crippen LogP contribution in [-0.4, -0.2) is 17.7 Å². The van der Waals surface area contributed by atoms with Crippen molar-refractivity contribution in [3.63, 3.8) is 0 Å². The van der Waals surface area contributed by atoms with Gasteiger partial charge in [0, 0.05) is 19.4 Å². The molecule has 3 heteroatoms. The number of esters is 1. The van der Waals surface area contributed by atoms with Gasteiger partial charge < -0.3 is 9.84 Å². The van der Waals surface area contributed by atoms with Crippen molar-refractivity contribution >= 4 is 5.97 Å². The minimum absolute atomic E-state index is 0.0243. The summed E-state index contributed by atoms with van der Waals surface area (Å²) >= 11 is 0. The highest BCUT2D eigenvalue weighted by Crippen LogP contribution is 2.19. The summed E-state index contributed by atoms with van der Waals surface area (Å²) in [6.07, 6.45) is 0. The maximum Gasteiger partial charge on any atom is 0.308 e. The smallest absolute Gasteiger partial charge is 0.308 e. The molecule has 0 amide bonds. The summed E-state index contributed by atoms with van der Waals surface area (Å²) in [6.45, 7) is 5.08. The summed E-state index contributed by atoms with van der Waals surface area (Å²) in [7, 11) is 0. The fraction of sp³-hybridized carbons (Fsp3) is 0.273. The lowest BCUT2D eigenvalue weighted by Crippen LogP contribution is -2.03. The van der Waals surface area contributed by atoms with E-state index in [1.165, 1.54) is 6.92 Å². The molecule has 1 atom stereocenters.